The Morgan fingerprint density at radius 1 is 1.23 bits per heavy atom. The molecule has 0 radical (unpaired) electrons. The molecular weight excluding hydrogens is 416 g/mol. The summed E-state index contributed by atoms with van der Waals surface area (Å²) in [6.45, 7) is 4.69. The highest BCUT2D eigenvalue weighted by Crippen LogP contribution is 2.31. The van der Waals surface area contributed by atoms with Crippen LogP contribution >= 0.6 is 23.4 Å². The molecule has 2 unspecified atom stereocenters. The summed E-state index contributed by atoms with van der Waals surface area (Å²) in [7, 11) is 0. The van der Waals surface area contributed by atoms with E-state index in [0.29, 0.717) is 5.02 Å². The molecule has 3 aromatic rings. The fourth-order valence-corrected chi connectivity index (χ4v) is 4.93. The highest BCUT2D eigenvalue weighted by Gasteiger charge is 2.25. The lowest BCUT2D eigenvalue weighted by molar-refractivity contribution is -0.121. The maximum absolute atomic E-state index is 12.9. The first kappa shape index (κ1) is 20.9. The van der Waals surface area contributed by atoms with E-state index in [1.807, 2.05) is 41.8 Å². The highest BCUT2D eigenvalue weighted by atomic mass is 35.5. The largest absolute Gasteiger partial charge is 0.348 e. The molecule has 2 atom stereocenters. The SMILES string of the molecule is CCn1c(SC(C)C(=O)NC2CCCc3ccccc32)nnc1-c1ccc(Cl)cc1. The van der Waals surface area contributed by atoms with E-state index in [0.717, 1.165) is 42.4 Å². The number of aromatic nitrogens is 3. The van der Waals surface area contributed by atoms with Crippen molar-refractivity contribution >= 4 is 29.3 Å². The van der Waals surface area contributed by atoms with E-state index in [9.17, 15) is 4.79 Å². The molecule has 4 rings (SSSR count). The van der Waals surface area contributed by atoms with Gasteiger partial charge in [0.15, 0.2) is 11.0 Å². The van der Waals surface area contributed by atoms with E-state index >= 15 is 0 Å². The first-order chi connectivity index (χ1) is 14.6. The minimum Gasteiger partial charge on any atom is -0.348 e. The van der Waals surface area contributed by atoms with Gasteiger partial charge in [0.2, 0.25) is 5.91 Å². The van der Waals surface area contributed by atoms with Crippen LogP contribution < -0.4 is 5.32 Å². The number of carbonyl (C=O) groups is 1. The Bertz CT molecular complexity index is 1030. The lowest BCUT2D eigenvalue weighted by Crippen LogP contribution is -2.36. The van der Waals surface area contributed by atoms with E-state index in [1.54, 1.807) is 0 Å². The van der Waals surface area contributed by atoms with Crippen molar-refractivity contribution in [2.24, 2.45) is 0 Å². The van der Waals surface area contributed by atoms with Gasteiger partial charge in [-0.25, -0.2) is 0 Å². The molecule has 0 fully saturated rings. The molecule has 1 aliphatic carbocycles. The Morgan fingerprint density at radius 2 is 2.00 bits per heavy atom. The van der Waals surface area contributed by atoms with Crippen molar-refractivity contribution in [3.63, 3.8) is 0 Å². The van der Waals surface area contributed by atoms with Crippen LogP contribution in [0.1, 0.15) is 43.9 Å². The Balaban J connectivity index is 1.47. The van der Waals surface area contributed by atoms with Crippen molar-refractivity contribution in [3.05, 3.63) is 64.7 Å². The molecule has 0 saturated carbocycles. The van der Waals surface area contributed by atoms with Gasteiger partial charge in [0, 0.05) is 17.1 Å². The highest BCUT2D eigenvalue weighted by molar-refractivity contribution is 8.00. The normalized spacial score (nSPS) is 16.7. The molecule has 5 nitrogen and oxygen atoms in total. The van der Waals surface area contributed by atoms with Gasteiger partial charge in [-0.15, -0.1) is 10.2 Å². The summed E-state index contributed by atoms with van der Waals surface area (Å²) in [5, 5.41) is 13.1. The fourth-order valence-electron chi connectivity index (χ4n) is 3.88. The van der Waals surface area contributed by atoms with Crippen LogP contribution in [0.4, 0.5) is 0 Å². The summed E-state index contributed by atoms with van der Waals surface area (Å²) in [6.07, 6.45) is 3.16. The molecule has 156 valence electrons. The van der Waals surface area contributed by atoms with Crippen LogP contribution in [0.25, 0.3) is 11.4 Å². The number of amides is 1. The Labute approximate surface area is 186 Å². The maximum Gasteiger partial charge on any atom is 0.233 e. The van der Waals surface area contributed by atoms with Crippen molar-refractivity contribution in [1.82, 2.24) is 20.1 Å². The average molecular weight is 441 g/mol. The molecule has 1 aromatic heterocycles. The summed E-state index contributed by atoms with van der Waals surface area (Å²) in [4.78, 5) is 12.9. The quantitative estimate of drug-likeness (QED) is 0.529. The number of benzene rings is 2. The molecule has 7 heteroatoms. The number of hydrogen-bond acceptors (Lipinski definition) is 4. The minimum atomic E-state index is -0.272. The number of nitrogens with one attached hydrogen (secondary N) is 1. The molecule has 0 bridgehead atoms. The van der Waals surface area contributed by atoms with Crippen LogP contribution in [-0.4, -0.2) is 25.9 Å². The van der Waals surface area contributed by atoms with E-state index in [4.69, 9.17) is 11.6 Å². The number of thioether (sulfide) groups is 1. The monoisotopic (exact) mass is 440 g/mol. The van der Waals surface area contributed by atoms with Crippen LogP contribution in [0, 0.1) is 0 Å². The zero-order valence-corrected chi connectivity index (χ0v) is 18.7. The van der Waals surface area contributed by atoms with Gasteiger partial charge in [0.1, 0.15) is 0 Å². The topological polar surface area (TPSA) is 59.8 Å². The van der Waals surface area contributed by atoms with E-state index < -0.39 is 0 Å². The molecule has 1 amide bonds. The standard InChI is InChI=1S/C23H25ClN4OS/c1-3-28-21(17-11-13-18(24)14-12-17)26-27-23(28)30-15(2)22(29)25-20-10-6-8-16-7-4-5-9-19(16)20/h4-5,7,9,11-15,20H,3,6,8,10H2,1-2H3,(H,25,29). The maximum atomic E-state index is 12.9. The predicted molar refractivity (Wildman–Crippen MR) is 122 cm³/mol. The number of aryl methyl sites for hydroxylation is 1. The van der Waals surface area contributed by atoms with Crippen LogP contribution in [0.5, 0.6) is 0 Å². The summed E-state index contributed by atoms with van der Waals surface area (Å²) in [5.41, 5.74) is 3.54. The summed E-state index contributed by atoms with van der Waals surface area (Å²) in [5.74, 6) is 0.811. The third-order valence-corrected chi connectivity index (χ3v) is 6.81. The number of nitrogens with zero attached hydrogens (tertiary/aromatic N) is 3. The number of hydrogen-bond donors (Lipinski definition) is 1. The van der Waals surface area contributed by atoms with Crippen molar-refractivity contribution in [2.75, 3.05) is 0 Å². The van der Waals surface area contributed by atoms with Gasteiger partial charge in [-0.3, -0.25) is 4.79 Å². The number of fused-ring (bicyclic) bond motifs is 1. The van der Waals surface area contributed by atoms with Crippen LogP contribution in [0.2, 0.25) is 5.02 Å². The van der Waals surface area contributed by atoms with Gasteiger partial charge in [-0.05, 0) is 68.5 Å². The van der Waals surface area contributed by atoms with Crippen LogP contribution in [0.15, 0.2) is 53.7 Å². The second-order valence-corrected chi connectivity index (χ2v) is 9.21. The third kappa shape index (κ3) is 4.40. The Morgan fingerprint density at radius 3 is 2.77 bits per heavy atom. The molecule has 0 saturated heterocycles. The summed E-state index contributed by atoms with van der Waals surface area (Å²) < 4.78 is 2.04. The second-order valence-electron chi connectivity index (χ2n) is 7.47. The molecule has 2 aromatic carbocycles. The van der Waals surface area contributed by atoms with Gasteiger partial charge in [0.25, 0.3) is 0 Å². The average Bonchev–Trinajstić information content (AvgIpc) is 3.17. The Hall–Kier alpha value is -2.31. The fraction of sp³-hybridized carbons (Fsp3) is 0.348. The van der Waals surface area contributed by atoms with Crippen molar-refractivity contribution in [1.29, 1.82) is 0 Å². The minimum absolute atomic E-state index is 0.0281. The molecule has 1 aliphatic rings. The van der Waals surface area contributed by atoms with Crippen molar-refractivity contribution in [3.8, 4) is 11.4 Å². The number of carbonyl (C=O) groups excluding carboxylic acids is 1. The molecule has 1 N–H and O–H groups in total. The van der Waals surface area contributed by atoms with Gasteiger partial charge < -0.3 is 9.88 Å². The second kappa shape index (κ2) is 9.23. The van der Waals surface area contributed by atoms with Crippen molar-refractivity contribution in [2.45, 2.75) is 56.1 Å². The number of halogens is 1. The smallest absolute Gasteiger partial charge is 0.233 e. The van der Waals surface area contributed by atoms with Gasteiger partial charge in [0.05, 0.1) is 11.3 Å². The first-order valence-electron chi connectivity index (χ1n) is 10.3. The zero-order valence-electron chi connectivity index (χ0n) is 17.1. The lowest BCUT2D eigenvalue weighted by atomic mass is 9.88. The molecule has 0 aliphatic heterocycles. The van der Waals surface area contributed by atoms with Gasteiger partial charge in [-0.1, -0.05) is 47.6 Å². The molecule has 1 heterocycles. The summed E-state index contributed by atoms with van der Waals surface area (Å²) in [6, 6.07) is 16.0. The molecule has 30 heavy (non-hydrogen) atoms. The van der Waals surface area contributed by atoms with Crippen LogP contribution in [-0.2, 0) is 17.8 Å². The van der Waals surface area contributed by atoms with Gasteiger partial charge >= 0.3 is 0 Å². The van der Waals surface area contributed by atoms with Gasteiger partial charge in [-0.2, -0.15) is 0 Å². The lowest BCUT2D eigenvalue weighted by Gasteiger charge is -2.27. The van der Waals surface area contributed by atoms with E-state index in [-0.39, 0.29) is 17.2 Å². The number of rotatable bonds is 6. The van der Waals surface area contributed by atoms with Crippen LogP contribution in [0.3, 0.4) is 0 Å². The Kier molecular flexibility index (Phi) is 6.44. The summed E-state index contributed by atoms with van der Waals surface area (Å²) >= 11 is 7.44. The predicted octanol–water partition coefficient (Wildman–Crippen LogP) is 5.29. The van der Waals surface area contributed by atoms with Crippen molar-refractivity contribution < 1.29 is 4.79 Å². The molecular formula is C23H25ClN4OS. The third-order valence-electron chi connectivity index (χ3n) is 5.47. The first-order valence-corrected chi connectivity index (χ1v) is 11.6. The zero-order chi connectivity index (χ0) is 21.1. The van der Waals surface area contributed by atoms with E-state index in [1.165, 1.54) is 22.9 Å². The van der Waals surface area contributed by atoms with E-state index in [2.05, 4.69) is 40.6 Å². The molecule has 0 spiro atoms.